The summed E-state index contributed by atoms with van der Waals surface area (Å²) in [6.07, 6.45) is 1.64. The molecule has 5 nitrogen and oxygen atoms in total. The number of nitrogens with zero attached hydrogens (tertiary/aromatic N) is 1. The van der Waals surface area contributed by atoms with E-state index in [1.54, 1.807) is 6.20 Å². The third kappa shape index (κ3) is 2.25. The second-order valence-corrected chi connectivity index (χ2v) is 3.28. The fourth-order valence-corrected chi connectivity index (χ4v) is 1.38. The summed E-state index contributed by atoms with van der Waals surface area (Å²) in [5, 5.41) is 9.65. The number of nitrogens with two attached hydrogens (primary N) is 1. The van der Waals surface area contributed by atoms with Crippen LogP contribution in [0.4, 0.5) is 17.2 Å². The second-order valence-electron chi connectivity index (χ2n) is 3.28. The van der Waals surface area contributed by atoms with E-state index in [4.69, 9.17) is 10.5 Å². The maximum Gasteiger partial charge on any atom is 0.143 e. The van der Waals surface area contributed by atoms with E-state index in [1.165, 1.54) is 0 Å². The van der Waals surface area contributed by atoms with Crippen LogP contribution in [0.15, 0.2) is 30.5 Å². The fourth-order valence-electron chi connectivity index (χ4n) is 1.38. The average molecular weight is 218 g/mol. The zero-order valence-electron chi connectivity index (χ0n) is 9.03. The van der Waals surface area contributed by atoms with E-state index >= 15 is 0 Å². The Hall–Kier alpha value is -2.17. The molecule has 2 rings (SSSR count). The van der Waals surface area contributed by atoms with Gasteiger partial charge in [0.05, 0.1) is 12.8 Å². The highest BCUT2D eigenvalue weighted by molar-refractivity contribution is 5.69. The quantitative estimate of drug-likeness (QED) is 0.734. The van der Waals surface area contributed by atoms with Crippen molar-refractivity contribution in [3.05, 3.63) is 30.5 Å². The molecule has 1 heterocycles. The Labute approximate surface area is 93.6 Å². The van der Waals surface area contributed by atoms with Crippen molar-refractivity contribution in [3.8, 4) is 5.75 Å². The van der Waals surface area contributed by atoms with Gasteiger partial charge in [0.15, 0.2) is 0 Å². The predicted octanol–water partition coefficient (Wildman–Crippen LogP) is 2.13. The number of ether oxygens (including phenoxy) is 1. The molecular formula is C11H14N4O. The minimum absolute atomic E-state index is 0.516. The number of hydrogen-bond donors (Lipinski definition) is 3. The lowest BCUT2D eigenvalue weighted by molar-refractivity contribution is 0.340. The highest BCUT2D eigenvalue weighted by atomic mass is 16.5. The zero-order valence-corrected chi connectivity index (χ0v) is 9.03. The van der Waals surface area contributed by atoms with Crippen molar-refractivity contribution in [2.24, 2.45) is 0 Å². The lowest BCUT2D eigenvalue weighted by Gasteiger charge is -2.07. The molecule has 0 aliphatic carbocycles. The molecule has 84 valence electrons. The fraction of sp³-hybridized carbons (Fsp3) is 0.182. The number of anilines is 3. The van der Waals surface area contributed by atoms with Crippen LogP contribution in [0.1, 0.15) is 6.92 Å². The van der Waals surface area contributed by atoms with E-state index in [0.717, 1.165) is 17.1 Å². The highest BCUT2D eigenvalue weighted by Gasteiger charge is 2.02. The van der Waals surface area contributed by atoms with Crippen molar-refractivity contribution >= 4 is 17.2 Å². The number of hydrogen-bond acceptors (Lipinski definition) is 4. The Morgan fingerprint density at radius 1 is 1.50 bits per heavy atom. The molecule has 5 heteroatoms. The first-order chi connectivity index (χ1) is 7.79. The Balaban J connectivity index is 2.15. The summed E-state index contributed by atoms with van der Waals surface area (Å²) in [7, 11) is 0. The molecule has 0 amide bonds. The minimum atomic E-state index is 0.516. The van der Waals surface area contributed by atoms with Crippen LogP contribution in [0.25, 0.3) is 0 Å². The largest absolute Gasteiger partial charge is 0.494 e. The van der Waals surface area contributed by atoms with Crippen LogP contribution in [0, 0.1) is 0 Å². The van der Waals surface area contributed by atoms with Crippen molar-refractivity contribution in [2.45, 2.75) is 6.92 Å². The van der Waals surface area contributed by atoms with Crippen molar-refractivity contribution in [1.29, 1.82) is 0 Å². The van der Waals surface area contributed by atoms with Crippen molar-refractivity contribution < 1.29 is 4.74 Å². The first-order valence-electron chi connectivity index (χ1n) is 5.08. The Kier molecular flexibility index (Phi) is 2.95. The van der Waals surface area contributed by atoms with Gasteiger partial charge in [0.1, 0.15) is 17.3 Å². The van der Waals surface area contributed by atoms with Crippen LogP contribution in [0.3, 0.4) is 0 Å². The molecule has 2 aromatic rings. The summed E-state index contributed by atoms with van der Waals surface area (Å²) < 4.78 is 5.40. The molecule has 0 aliphatic rings. The Bertz CT molecular complexity index is 467. The first-order valence-corrected chi connectivity index (χ1v) is 5.08. The molecule has 0 saturated heterocycles. The summed E-state index contributed by atoms with van der Waals surface area (Å²) in [6, 6.07) is 7.68. The first kappa shape index (κ1) is 10.4. The summed E-state index contributed by atoms with van der Waals surface area (Å²) in [5.41, 5.74) is 7.35. The van der Waals surface area contributed by atoms with Gasteiger partial charge in [0.2, 0.25) is 0 Å². The highest BCUT2D eigenvalue weighted by Crippen LogP contribution is 2.23. The number of rotatable bonds is 4. The van der Waals surface area contributed by atoms with Crippen LogP contribution in [-0.4, -0.2) is 16.8 Å². The number of benzene rings is 1. The van der Waals surface area contributed by atoms with Crippen molar-refractivity contribution in [1.82, 2.24) is 10.2 Å². The van der Waals surface area contributed by atoms with Gasteiger partial charge < -0.3 is 15.8 Å². The van der Waals surface area contributed by atoms with Gasteiger partial charge in [0, 0.05) is 11.8 Å². The van der Waals surface area contributed by atoms with Crippen LogP contribution < -0.4 is 15.8 Å². The van der Waals surface area contributed by atoms with Gasteiger partial charge in [-0.2, -0.15) is 5.10 Å². The van der Waals surface area contributed by atoms with E-state index < -0.39 is 0 Å². The number of nitrogens with one attached hydrogen (secondary N) is 2. The van der Waals surface area contributed by atoms with Gasteiger partial charge in [-0.15, -0.1) is 0 Å². The Morgan fingerprint density at radius 3 is 3.06 bits per heavy atom. The number of aromatic amines is 1. The van der Waals surface area contributed by atoms with Gasteiger partial charge in [-0.25, -0.2) is 0 Å². The maximum atomic E-state index is 5.67. The van der Waals surface area contributed by atoms with E-state index in [0.29, 0.717) is 12.4 Å². The summed E-state index contributed by atoms with van der Waals surface area (Å²) in [4.78, 5) is 0. The third-order valence-corrected chi connectivity index (χ3v) is 2.09. The van der Waals surface area contributed by atoms with Crippen LogP contribution in [0.5, 0.6) is 5.75 Å². The SMILES string of the molecule is CCOc1cccc(Nc2cn[nH]c2N)c1. The molecule has 0 bridgehead atoms. The van der Waals surface area contributed by atoms with E-state index in [1.807, 2.05) is 31.2 Å². The number of aromatic nitrogens is 2. The van der Waals surface area contributed by atoms with Gasteiger partial charge in [0.25, 0.3) is 0 Å². The molecule has 0 radical (unpaired) electrons. The van der Waals surface area contributed by atoms with Crippen molar-refractivity contribution in [3.63, 3.8) is 0 Å². The van der Waals surface area contributed by atoms with Gasteiger partial charge in [-0.3, -0.25) is 5.10 Å². The average Bonchev–Trinajstić information content (AvgIpc) is 2.66. The molecule has 0 spiro atoms. The minimum Gasteiger partial charge on any atom is -0.494 e. The molecule has 0 unspecified atom stereocenters. The molecule has 4 N–H and O–H groups in total. The lowest BCUT2D eigenvalue weighted by atomic mass is 10.3. The second kappa shape index (κ2) is 4.57. The maximum absolute atomic E-state index is 5.67. The van der Waals surface area contributed by atoms with Gasteiger partial charge >= 0.3 is 0 Å². The lowest BCUT2D eigenvalue weighted by Crippen LogP contribution is -1.95. The molecule has 0 atom stereocenters. The van der Waals surface area contributed by atoms with E-state index in [9.17, 15) is 0 Å². The Morgan fingerprint density at radius 2 is 2.38 bits per heavy atom. The monoisotopic (exact) mass is 218 g/mol. The van der Waals surface area contributed by atoms with Crippen LogP contribution >= 0.6 is 0 Å². The van der Waals surface area contributed by atoms with E-state index in [-0.39, 0.29) is 0 Å². The smallest absolute Gasteiger partial charge is 0.143 e. The molecule has 0 aliphatic heterocycles. The number of H-pyrrole nitrogens is 1. The normalized spacial score (nSPS) is 10.1. The summed E-state index contributed by atoms with van der Waals surface area (Å²) in [5.74, 6) is 1.34. The molecule has 16 heavy (non-hydrogen) atoms. The molecule has 1 aromatic heterocycles. The standard InChI is InChI=1S/C11H14N4O/c1-2-16-9-5-3-4-8(6-9)14-10-7-13-15-11(10)12/h3-7,14H,2H2,1H3,(H3,12,13,15). The molecule has 0 fully saturated rings. The van der Waals surface area contributed by atoms with Gasteiger partial charge in [-0.05, 0) is 19.1 Å². The zero-order chi connectivity index (χ0) is 11.4. The molecule has 0 saturated carbocycles. The van der Waals surface area contributed by atoms with E-state index in [2.05, 4.69) is 15.5 Å². The topological polar surface area (TPSA) is 76.0 Å². The van der Waals surface area contributed by atoms with Crippen LogP contribution in [-0.2, 0) is 0 Å². The molecule has 1 aromatic carbocycles. The van der Waals surface area contributed by atoms with Crippen LogP contribution in [0.2, 0.25) is 0 Å². The predicted molar refractivity (Wildman–Crippen MR) is 63.9 cm³/mol. The summed E-state index contributed by atoms with van der Waals surface area (Å²) in [6.45, 7) is 2.60. The third-order valence-electron chi connectivity index (χ3n) is 2.09. The van der Waals surface area contributed by atoms with Gasteiger partial charge in [-0.1, -0.05) is 6.07 Å². The molecular weight excluding hydrogens is 204 g/mol. The van der Waals surface area contributed by atoms with Crippen molar-refractivity contribution in [2.75, 3.05) is 17.7 Å². The summed E-state index contributed by atoms with van der Waals surface area (Å²) >= 11 is 0. The number of nitrogen functional groups attached to an aromatic ring is 1.